The summed E-state index contributed by atoms with van der Waals surface area (Å²) in [7, 11) is 0. The van der Waals surface area contributed by atoms with Crippen LogP contribution >= 0.6 is 11.8 Å². The highest BCUT2D eigenvalue weighted by molar-refractivity contribution is 7.99. The monoisotopic (exact) mass is 419 g/mol. The Labute approximate surface area is 181 Å². The predicted octanol–water partition coefficient (Wildman–Crippen LogP) is 5.32. The highest BCUT2D eigenvalue weighted by Crippen LogP contribution is 2.45. The van der Waals surface area contributed by atoms with Crippen LogP contribution in [0.1, 0.15) is 23.5 Å². The van der Waals surface area contributed by atoms with E-state index in [1.165, 1.54) is 27.2 Å². The molecule has 5 heteroatoms. The Hall–Kier alpha value is -2.76. The molecule has 0 bridgehead atoms. The second-order valence-corrected chi connectivity index (χ2v) is 8.55. The maximum absolute atomic E-state index is 12.3. The van der Waals surface area contributed by atoms with Gasteiger partial charge in [0, 0.05) is 35.8 Å². The van der Waals surface area contributed by atoms with Crippen LogP contribution in [0.15, 0.2) is 83.8 Å². The number of carbonyl (C=O) groups is 1. The molecule has 4 nitrogen and oxygen atoms in total. The molecule has 0 radical (unpaired) electrons. The summed E-state index contributed by atoms with van der Waals surface area (Å²) < 4.78 is 0. The molecule has 154 valence electrons. The molecular weight excluding hydrogens is 394 g/mol. The van der Waals surface area contributed by atoms with Crippen LogP contribution in [0.4, 0.5) is 4.79 Å². The van der Waals surface area contributed by atoms with Gasteiger partial charge < -0.3 is 15.1 Å². The Morgan fingerprint density at radius 1 is 0.900 bits per heavy atom. The number of benzene rings is 3. The van der Waals surface area contributed by atoms with Crippen LogP contribution in [-0.2, 0) is 0 Å². The Kier molecular flexibility index (Phi) is 6.41. The number of aliphatic hydroxyl groups is 1. The molecule has 0 fully saturated rings. The highest BCUT2D eigenvalue weighted by Gasteiger charge is 2.33. The van der Waals surface area contributed by atoms with Crippen molar-refractivity contribution in [3.05, 3.63) is 90.0 Å². The fourth-order valence-electron chi connectivity index (χ4n) is 4.22. The zero-order chi connectivity index (χ0) is 20.9. The number of nitrogens with zero attached hydrogens (tertiary/aromatic N) is 1. The first-order valence-electron chi connectivity index (χ1n) is 10.2. The van der Waals surface area contributed by atoms with Crippen LogP contribution in [0.2, 0.25) is 0 Å². The van der Waals surface area contributed by atoms with Crippen molar-refractivity contribution in [2.24, 2.45) is 0 Å². The summed E-state index contributed by atoms with van der Waals surface area (Å²) >= 11 is 1.63. The molecule has 0 saturated carbocycles. The first-order valence-corrected chi connectivity index (χ1v) is 11.1. The molecule has 1 aliphatic carbocycles. The lowest BCUT2D eigenvalue weighted by molar-refractivity contribution is 0.118. The molecule has 4 rings (SSSR count). The minimum Gasteiger partial charge on any atom is -0.465 e. The zero-order valence-corrected chi connectivity index (χ0v) is 17.5. The van der Waals surface area contributed by atoms with Crippen LogP contribution in [0.5, 0.6) is 0 Å². The highest BCUT2D eigenvalue weighted by atomic mass is 32.2. The number of hydrogen-bond acceptors (Lipinski definition) is 3. The lowest BCUT2D eigenvalue weighted by atomic mass is 9.95. The van der Waals surface area contributed by atoms with Gasteiger partial charge in [-0.2, -0.15) is 0 Å². The van der Waals surface area contributed by atoms with Crippen molar-refractivity contribution < 1.29 is 15.0 Å². The molecule has 0 spiro atoms. The van der Waals surface area contributed by atoms with Gasteiger partial charge in [0.05, 0.1) is 0 Å². The van der Waals surface area contributed by atoms with E-state index in [1.807, 2.05) is 54.6 Å². The number of hydrogen-bond donors (Lipinski definition) is 2. The lowest BCUT2D eigenvalue weighted by Crippen LogP contribution is -2.44. The third kappa shape index (κ3) is 4.23. The molecule has 1 amide bonds. The van der Waals surface area contributed by atoms with Gasteiger partial charge in [-0.3, -0.25) is 0 Å². The van der Waals surface area contributed by atoms with Crippen molar-refractivity contribution in [1.82, 2.24) is 4.90 Å². The predicted molar refractivity (Wildman–Crippen MR) is 121 cm³/mol. The normalized spacial score (nSPS) is 13.5. The minimum atomic E-state index is -0.941. The lowest BCUT2D eigenvalue weighted by Gasteiger charge is -2.31. The summed E-state index contributed by atoms with van der Waals surface area (Å²) in [6, 6.07) is 26.2. The second kappa shape index (κ2) is 9.37. The van der Waals surface area contributed by atoms with Gasteiger partial charge in [-0.1, -0.05) is 66.7 Å². The first-order chi connectivity index (χ1) is 14.7. The summed E-state index contributed by atoms with van der Waals surface area (Å²) in [5.74, 6) is 0.601. The molecule has 0 saturated heterocycles. The van der Waals surface area contributed by atoms with Crippen LogP contribution in [-0.4, -0.2) is 46.2 Å². The van der Waals surface area contributed by atoms with E-state index in [4.69, 9.17) is 0 Å². The average molecular weight is 420 g/mol. The van der Waals surface area contributed by atoms with Gasteiger partial charge in [0.15, 0.2) is 0 Å². The maximum atomic E-state index is 12.3. The third-order valence-electron chi connectivity index (χ3n) is 5.68. The number of carboxylic acid groups (broad SMARTS) is 1. The van der Waals surface area contributed by atoms with Gasteiger partial charge in [0.2, 0.25) is 0 Å². The van der Waals surface area contributed by atoms with Crippen LogP contribution < -0.4 is 0 Å². The quantitative estimate of drug-likeness (QED) is 0.485. The molecule has 2 N–H and O–H groups in total. The van der Waals surface area contributed by atoms with E-state index in [1.54, 1.807) is 11.8 Å². The zero-order valence-electron chi connectivity index (χ0n) is 16.6. The topological polar surface area (TPSA) is 60.8 Å². The average Bonchev–Trinajstić information content (AvgIpc) is 3.09. The Morgan fingerprint density at radius 2 is 1.47 bits per heavy atom. The summed E-state index contributed by atoms with van der Waals surface area (Å²) in [6.07, 6.45) is -0.522. The molecule has 3 aromatic rings. The van der Waals surface area contributed by atoms with Gasteiger partial charge in [-0.15, -0.1) is 11.8 Å². The smallest absolute Gasteiger partial charge is 0.407 e. The Bertz CT molecular complexity index is 963. The number of amides is 1. The molecule has 0 aliphatic heterocycles. The molecule has 30 heavy (non-hydrogen) atoms. The van der Waals surface area contributed by atoms with E-state index in [-0.39, 0.29) is 18.6 Å². The molecular formula is C25H25NO3S. The molecule has 1 atom stereocenters. The fourth-order valence-corrected chi connectivity index (χ4v) is 5.30. The summed E-state index contributed by atoms with van der Waals surface area (Å²) in [6.45, 7) is 0.338. The van der Waals surface area contributed by atoms with Gasteiger partial charge in [-0.05, 0) is 40.8 Å². The second-order valence-electron chi connectivity index (χ2n) is 7.45. The summed E-state index contributed by atoms with van der Waals surface area (Å²) in [5.41, 5.74) is 4.70. The van der Waals surface area contributed by atoms with Crippen molar-refractivity contribution in [3.8, 4) is 11.1 Å². The third-order valence-corrected chi connectivity index (χ3v) is 6.83. The van der Waals surface area contributed by atoms with Crippen molar-refractivity contribution in [3.63, 3.8) is 0 Å². The summed E-state index contributed by atoms with van der Waals surface area (Å²) in [4.78, 5) is 14.9. The van der Waals surface area contributed by atoms with Crippen LogP contribution in [0.3, 0.4) is 0 Å². The molecule has 0 heterocycles. The van der Waals surface area contributed by atoms with Crippen LogP contribution in [0, 0.1) is 0 Å². The number of fused-ring (bicyclic) bond motifs is 3. The maximum Gasteiger partial charge on any atom is 0.407 e. The number of rotatable bonds is 8. The molecule has 1 unspecified atom stereocenters. The molecule has 3 aromatic carbocycles. The van der Waals surface area contributed by atoms with E-state index in [9.17, 15) is 15.0 Å². The van der Waals surface area contributed by atoms with Gasteiger partial charge in [0.25, 0.3) is 0 Å². The SMILES string of the molecule is O=C(O)N(CC1c2ccccc2-c2ccccc21)C(CCO)CSc1ccccc1. The minimum absolute atomic E-state index is 0.00332. The van der Waals surface area contributed by atoms with Gasteiger partial charge >= 0.3 is 6.09 Å². The van der Waals surface area contributed by atoms with Crippen molar-refractivity contribution in [2.45, 2.75) is 23.3 Å². The fraction of sp³-hybridized carbons (Fsp3) is 0.240. The first kappa shape index (κ1) is 20.5. The molecule has 1 aliphatic rings. The van der Waals surface area contributed by atoms with Gasteiger partial charge in [-0.25, -0.2) is 4.79 Å². The Morgan fingerprint density at radius 3 is 2.03 bits per heavy atom. The van der Waals surface area contributed by atoms with E-state index < -0.39 is 6.09 Å². The van der Waals surface area contributed by atoms with E-state index >= 15 is 0 Å². The van der Waals surface area contributed by atoms with Crippen molar-refractivity contribution >= 4 is 17.9 Å². The van der Waals surface area contributed by atoms with E-state index in [2.05, 4.69) is 24.3 Å². The standard InChI is InChI=1S/C25H25NO3S/c27-15-14-18(17-30-19-8-2-1-3-9-19)26(25(28)29)16-24-22-12-6-4-10-20(22)21-11-5-7-13-23(21)24/h1-13,18,24,27H,14-17H2,(H,28,29). The Balaban J connectivity index is 1.60. The number of thioether (sulfide) groups is 1. The number of aliphatic hydroxyl groups excluding tert-OH is 1. The summed E-state index contributed by atoms with van der Waals surface area (Å²) in [5, 5.41) is 19.7. The van der Waals surface area contributed by atoms with Crippen molar-refractivity contribution in [1.29, 1.82) is 0 Å². The van der Waals surface area contributed by atoms with E-state index in [0.29, 0.717) is 18.7 Å². The van der Waals surface area contributed by atoms with Crippen molar-refractivity contribution in [2.75, 3.05) is 18.9 Å². The van der Waals surface area contributed by atoms with E-state index in [0.717, 1.165) is 4.90 Å². The molecule has 0 aromatic heterocycles. The van der Waals surface area contributed by atoms with Crippen LogP contribution in [0.25, 0.3) is 11.1 Å². The largest absolute Gasteiger partial charge is 0.465 e. The van der Waals surface area contributed by atoms with Gasteiger partial charge in [0.1, 0.15) is 0 Å².